The molecule has 1 heterocycles. The van der Waals surface area contributed by atoms with E-state index in [4.69, 9.17) is 16.3 Å². The molecule has 0 aliphatic carbocycles. The van der Waals surface area contributed by atoms with Gasteiger partial charge in [0.25, 0.3) is 0 Å². The first-order valence-electron chi connectivity index (χ1n) is 7.36. The van der Waals surface area contributed by atoms with Crippen LogP contribution < -0.4 is 20.9 Å². The van der Waals surface area contributed by atoms with Gasteiger partial charge in [0.2, 0.25) is 5.91 Å². The van der Waals surface area contributed by atoms with Crippen molar-refractivity contribution in [2.45, 2.75) is 6.04 Å². The maximum absolute atomic E-state index is 12.6. The number of ether oxygens (including phenoxy) is 1. The van der Waals surface area contributed by atoms with Crippen LogP contribution in [0.25, 0.3) is 0 Å². The molecule has 1 aliphatic heterocycles. The lowest BCUT2D eigenvalue weighted by atomic mass is 9.94. The van der Waals surface area contributed by atoms with Gasteiger partial charge in [0.1, 0.15) is 5.75 Å². The van der Waals surface area contributed by atoms with Gasteiger partial charge in [0.05, 0.1) is 19.1 Å². The number of nitrogens with one attached hydrogen (secondary N) is 3. The Hall–Kier alpha value is -2.08. The summed E-state index contributed by atoms with van der Waals surface area (Å²) in [5, 5.41) is 3.63. The zero-order chi connectivity index (χ0) is 16.2. The zero-order valence-electron chi connectivity index (χ0n) is 12.7. The van der Waals surface area contributed by atoms with Crippen molar-refractivity contribution in [1.29, 1.82) is 0 Å². The molecule has 0 radical (unpaired) electrons. The second-order valence-corrected chi connectivity index (χ2v) is 5.82. The lowest BCUT2D eigenvalue weighted by Crippen LogP contribution is -2.29. The van der Waals surface area contributed by atoms with Crippen LogP contribution in [0.4, 0.5) is 5.69 Å². The summed E-state index contributed by atoms with van der Waals surface area (Å²) >= 11 is 5.92. The first kappa shape index (κ1) is 15.8. The molecule has 1 amide bonds. The Kier molecular flexibility index (Phi) is 4.81. The summed E-state index contributed by atoms with van der Waals surface area (Å²) in [7, 11) is 1.61. The Morgan fingerprint density at radius 3 is 2.52 bits per heavy atom. The van der Waals surface area contributed by atoms with E-state index in [9.17, 15) is 4.79 Å². The molecule has 23 heavy (non-hydrogen) atoms. The van der Waals surface area contributed by atoms with Crippen molar-refractivity contribution >= 4 is 23.2 Å². The fourth-order valence-corrected chi connectivity index (χ4v) is 2.76. The second-order valence-electron chi connectivity index (χ2n) is 5.38. The van der Waals surface area contributed by atoms with E-state index in [0.29, 0.717) is 11.6 Å². The second kappa shape index (κ2) is 7.00. The van der Waals surface area contributed by atoms with Crippen LogP contribution in [0.1, 0.15) is 11.6 Å². The Morgan fingerprint density at radius 2 is 1.87 bits per heavy atom. The van der Waals surface area contributed by atoms with Crippen molar-refractivity contribution in [2.75, 3.05) is 19.0 Å². The number of carbonyl (C=O) groups excluding carboxylic acids is 1. The number of benzene rings is 2. The largest absolute Gasteiger partial charge is 0.497 e. The highest BCUT2D eigenvalue weighted by Gasteiger charge is 2.33. The van der Waals surface area contributed by atoms with E-state index in [2.05, 4.69) is 16.2 Å². The standard InChI is InChI=1S/C17H18ClN3O2/c1-23-14-8-6-13(7-9-14)20-17(22)15-10-19-21-16(15)11-2-4-12(18)5-3-11/h2-9,15-16,19,21H,10H2,1H3,(H,20,22). The molecule has 2 aromatic rings. The van der Waals surface area contributed by atoms with Crippen LogP contribution in [0.5, 0.6) is 5.75 Å². The summed E-state index contributed by atoms with van der Waals surface area (Å²) in [4.78, 5) is 12.6. The molecule has 0 saturated carbocycles. The molecule has 0 spiro atoms. The number of carbonyl (C=O) groups is 1. The topological polar surface area (TPSA) is 62.4 Å². The molecule has 120 valence electrons. The number of hydrazine groups is 1. The summed E-state index contributed by atoms with van der Waals surface area (Å²) in [5.41, 5.74) is 7.98. The summed E-state index contributed by atoms with van der Waals surface area (Å²) < 4.78 is 5.11. The van der Waals surface area contributed by atoms with Gasteiger partial charge < -0.3 is 10.1 Å². The van der Waals surface area contributed by atoms with Crippen molar-refractivity contribution in [1.82, 2.24) is 10.9 Å². The predicted molar refractivity (Wildman–Crippen MR) is 90.4 cm³/mol. The van der Waals surface area contributed by atoms with E-state index in [1.165, 1.54) is 0 Å². The molecule has 1 saturated heterocycles. The zero-order valence-corrected chi connectivity index (χ0v) is 13.4. The van der Waals surface area contributed by atoms with Crippen LogP contribution in [-0.4, -0.2) is 19.6 Å². The summed E-state index contributed by atoms with van der Waals surface area (Å²) in [6, 6.07) is 14.7. The molecular formula is C17H18ClN3O2. The maximum Gasteiger partial charge on any atom is 0.230 e. The molecule has 0 aromatic heterocycles. The molecule has 5 nitrogen and oxygen atoms in total. The van der Waals surface area contributed by atoms with Gasteiger partial charge in [-0.1, -0.05) is 23.7 Å². The number of rotatable bonds is 4. The Bertz CT molecular complexity index is 673. The Morgan fingerprint density at radius 1 is 1.17 bits per heavy atom. The summed E-state index contributed by atoms with van der Waals surface area (Å²) in [6.07, 6.45) is 0. The number of methoxy groups -OCH3 is 1. The molecular weight excluding hydrogens is 314 g/mol. The Labute approximate surface area is 140 Å². The van der Waals surface area contributed by atoms with E-state index in [-0.39, 0.29) is 17.9 Å². The first-order chi connectivity index (χ1) is 11.2. The van der Waals surface area contributed by atoms with E-state index < -0.39 is 0 Å². The van der Waals surface area contributed by atoms with Gasteiger partial charge in [0.15, 0.2) is 0 Å². The average molecular weight is 332 g/mol. The maximum atomic E-state index is 12.6. The quantitative estimate of drug-likeness (QED) is 0.806. The van der Waals surface area contributed by atoms with Gasteiger partial charge in [-0.05, 0) is 42.0 Å². The van der Waals surface area contributed by atoms with Crippen molar-refractivity contribution in [3.05, 3.63) is 59.1 Å². The van der Waals surface area contributed by atoms with E-state index in [0.717, 1.165) is 17.0 Å². The molecule has 1 aliphatic rings. The highest BCUT2D eigenvalue weighted by molar-refractivity contribution is 6.30. The minimum atomic E-state index is -0.210. The van der Waals surface area contributed by atoms with Gasteiger partial charge in [-0.25, -0.2) is 5.43 Å². The number of hydrogen-bond donors (Lipinski definition) is 3. The van der Waals surface area contributed by atoms with Crippen LogP contribution in [0.15, 0.2) is 48.5 Å². The van der Waals surface area contributed by atoms with E-state index in [1.807, 2.05) is 48.5 Å². The number of amides is 1. The van der Waals surface area contributed by atoms with Crippen LogP contribution in [0.3, 0.4) is 0 Å². The summed E-state index contributed by atoms with van der Waals surface area (Å²) in [6.45, 7) is 0.565. The minimum Gasteiger partial charge on any atom is -0.497 e. The lowest BCUT2D eigenvalue weighted by Gasteiger charge is -2.18. The predicted octanol–water partition coefficient (Wildman–Crippen LogP) is 2.75. The van der Waals surface area contributed by atoms with Crippen LogP contribution in [0, 0.1) is 5.92 Å². The monoisotopic (exact) mass is 331 g/mol. The molecule has 3 rings (SSSR count). The average Bonchev–Trinajstić information content (AvgIpc) is 3.06. The third-order valence-electron chi connectivity index (χ3n) is 3.91. The normalized spacial score (nSPS) is 20.3. The molecule has 0 bridgehead atoms. The highest BCUT2D eigenvalue weighted by atomic mass is 35.5. The number of halogens is 1. The summed E-state index contributed by atoms with van der Waals surface area (Å²) in [5.74, 6) is 0.511. The molecule has 2 atom stereocenters. The highest BCUT2D eigenvalue weighted by Crippen LogP contribution is 2.27. The fourth-order valence-electron chi connectivity index (χ4n) is 2.64. The van der Waals surface area contributed by atoms with E-state index in [1.54, 1.807) is 7.11 Å². The van der Waals surface area contributed by atoms with Crippen LogP contribution in [0.2, 0.25) is 5.02 Å². The molecule has 1 fully saturated rings. The number of anilines is 1. The van der Waals surface area contributed by atoms with Gasteiger partial charge in [-0.15, -0.1) is 0 Å². The van der Waals surface area contributed by atoms with E-state index >= 15 is 0 Å². The fraction of sp³-hybridized carbons (Fsp3) is 0.235. The molecule has 2 aromatic carbocycles. The third-order valence-corrected chi connectivity index (χ3v) is 4.16. The van der Waals surface area contributed by atoms with Gasteiger partial charge >= 0.3 is 0 Å². The number of hydrogen-bond acceptors (Lipinski definition) is 4. The molecule has 3 N–H and O–H groups in total. The van der Waals surface area contributed by atoms with Crippen molar-refractivity contribution in [3.8, 4) is 5.75 Å². The third kappa shape index (κ3) is 3.64. The Balaban J connectivity index is 1.71. The molecule has 2 unspecified atom stereocenters. The van der Waals surface area contributed by atoms with Gasteiger partial charge in [-0.3, -0.25) is 10.2 Å². The first-order valence-corrected chi connectivity index (χ1v) is 7.74. The van der Waals surface area contributed by atoms with Crippen molar-refractivity contribution in [2.24, 2.45) is 5.92 Å². The smallest absolute Gasteiger partial charge is 0.230 e. The lowest BCUT2D eigenvalue weighted by molar-refractivity contribution is -0.119. The minimum absolute atomic E-state index is 0.0346. The molecule has 6 heteroatoms. The van der Waals surface area contributed by atoms with Crippen LogP contribution in [-0.2, 0) is 4.79 Å². The van der Waals surface area contributed by atoms with Crippen LogP contribution >= 0.6 is 11.6 Å². The SMILES string of the molecule is COc1ccc(NC(=O)C2CNNC2c2ccc(Cl)cc2)cc1. The van der Waals surface area contributed by atoms with Crippen molar-refractivity contribution < 1.29 is 9.53 Å². The van der Waals surface area contributed by atoms with Gasteiger partial charge in [0, 0.05) is 17.3 Å². The van der Waals surface area contributed by atoms with Gasteiger partial charge in [-0.2, -0.15) is 0 Å². The van der Waals surface area contributed by atoms with Crippen molar-refractivity contribution in [3.63, 3.8) is 0 Å².